The van der Waals surface area contributed by atoms with Crippen LogP contribution in [0.25, 0.3) is 33.5 Å². The highest BCUT2D eigenvalue weighted by Gasteiger charge is 2.18. The number of phenolic OH excluding ortho intramolecular Hbond substituents is 1. The Kier molecular flexibility index (Phi) is 4.48. The van der Waals surface area contributed by atoms with Crippen molar-refractivity contribution in [2.45, 2.75) is 6.42 Å². The number of aromatic nitrogens is 2. The molecule has 2 N–H and O–H groups in total. The van der Waals surface area contributed by atoms with Crippen LogP contribution in [0.4, 0.5) is 0 Å². The number of benzene rings is 3. The number of methoxy groups -OCH3 is 1. The predicted octanol–water partition coefficient (Wildman–Crippen LogP) is 5.79. The topological polar surface area (TPSA) is 71.3 Å². The lowest BCUT2D eigenvalue weighted by Gasteiger charge is -2.03. The van der Waals surface area contributed by atoms with E-state index in [4.69, 9.17) is 14.1 Å². The molecule has 0 saturated carbocycles. The van der Waals surface area contributed by atoms with E-state index in [9.17, 15) is 5.11 Å². The molecule has 5 heteroatoms. The van der Waals surface area contributed by atoms with Gasteiger partial charge in [-0.1, -0.05) is 18.2 Å². The number of para-hydroxylation sites is 1. The van der Waals surface area contributed by atoms with E-state index >= 15 is 0 Å². The van der Waals surface area contributed by atoms with Crippen molar-refractivity contribution >= 4 is 10.9 Å². The van der Waals surface area contributed by atoms with E-state index in [1.807, 2.05) is 54.7 Å². The van der Waals surface area contributed by atoms with Gasteiger partial charge in [0.15, 0.2) is 11.7 Å². The minimum Gasteiger partial charge on any atom is -0.508 e. The molecule has 148 valence electrons. The summed E-state index contributed by atoms with van der Waals surface area (Å²) < 4.78 is 11.5. The smallest absolute Gasteiger partial charge is 0.200 e. The van der Waals surface area contributed by atoms with Gasteiger partial charge >= 0.3 is 0 Å². The molecule has 2 heterocycles. The normalized spacial score (nSPS) is 11.1. The first-order valence-electron chi connectivity index (χ1n) is 9.70. The van der Waals surface area contributed by atoms with Crippen LogP contribution in [0.5, 0.6) is 11.5 Å². The number of nitrogens with one attached hydrogen (secondary N) is 1. The number of nitrogens with zero attached hydrogens (tertiary/aromatic N) is 1. The maximum absolute atomic E-state index is 9.66. The highest BCUT2D eigenvalue weighted by Crippen LogP contribution is 2.35. The van der Waals surface area contributed by atoms with Crippen LogP contribution in [-0.2, 0) is 6.42 Å². The Morgan fingerprint density at radius 1 is 0.933 bits per heavy atom. The molecule has 0 spiro atoms. The summed E-state index contributed by atoms with van der Waals surface area (Å²) in [5, 5.41) is 10.8. The Labute approximate surface area is 173 Å². The van der Waals surface area contributed by atoms with Crippen molar-refractivity contribution in [3.63, 3.8) is 0 Å². The summed E-state index contributed by atoms with van der Waals surface area (Å²) in [6.45, 7) is 0. The number of phenols is 1. The number of aromatic hydroxyl groups is 1. The van der Waals surface area contributed by atoms with Gasteiger partial charge in [0.1, 0.15) is 17.2 Å². The minimum absolute atomic E-state index is 0.215. The standard InChI is InChI=1S/C25H20N2O3/c1-29-20-12-8-17(9-13-20)25-24(16-6-10-19(28)11-7-16)27-23(30-25)14-18-15-26-22-5-3-2-4-21(18)22/h2-13,15,26,28H,14H2,1H3. The van der Waals surface area contributed by atoms with Crippen molar-refractivity contribution in [2.75, 3.05) is 7.11 Å². The second kappa shape index (κ2) is 7.44. The highest BCUT2D eigenvalue weighted by molar-refractivity contribution is 5.83. The maximum Gasteiger partial charge on any atom is 0.200 e. The molecule has 0 aliphatic rings. The molecule has 3 aromatic carbocycles. The van der Waals surface area contributed by atoms with Crippen molar-refractivity contribution in [2.24, 2.45) is 0 Å². The Morgan fingerprint density at radius 3 is 2.43 bits per heavy atom. The molecule has 5 aromatic rings. The zero-order valence-electron chi connectivity index (χ0n) is 16.4. The summed E-state index contributed by atoms with van der Waals surface area (Å²) in [6, 6.07) is 22.9. The monoisotopic (exact) mass is 396 g/mol. The number of oxazole rings is 1. The summed E-state index contributed by atoms with van der Waals surface area (Å²) in [7, 11) is 1.64. The number of rotatable bonds is 5. The first-order valence-corrected chi connectivity index (χ1v) is 9.70. The van der Waals surface area contributed by atoms with Gasteiger partial charge in [0.2, 0.25) is 0 Å². The van der Waals surface area contributed by atoms with E-state index in [0.29, 0.717) is 18.1 Å². The van der Waals surface area contributed by atoms with Crippen LogP contribution in [0.3, 0.4) is 0 Å². The largest absolute Gasteiger partial charge is 0.508 e. The lowest BCUT2D eigenvalue weighted by molar-refractivity contribution is 0.415. The van der Waals surface area contributed by atoms with E-state index in [-0.39, 0.29) is 5.75 Å². The fourth-order valence-electron chi connectivity index (χ4n) is 3.63. The molecule has 30 heavy (non-hydrogen) atoms. The molecule has 0 unspecified atom stereocenters. The van der Waals surface area contributed by atoms with Crippen LogP contribution < -0.4 is 4.74 Å². The Hall–Kier alpha value is -3.99. The molecule has 5 rings (SSSR count). The van der Waals surface area contributed by atoms with Crippen molar-refractivity contribution in [3.05, 3.63) is 90.4 Å². The molecule has 0 radical (unpaired) electrons. The van der Waals surface area contributed by atoms with Crippen molar-refractivity contribution < 1.29 is 14.3 Å². The molecule has 0 atom stereocenters. The number of hydrogen-bond acceptors (Lipinski definition) is 4. The lowest BCUT2D eigenvalue weighted by Crippen LogP contribution is -1.87. The van der Waals surface area contributed by atoms with E-state index in [1.54, 1.807) is 19.2 Å². The average molecular weight is 396 g/mol. The van der Waals surface area contributed by atoms with E-state index in [2.05, 4.69) is 17.1 Å². The first kappa shape index (κ1) is 18.1. The molecule has 0 aliphatic heterocycles. The fraction of sp³-hybridized carbons (Fsp3) is 0.0800. The summed E-state index contributed by atoms with van der Waals surface area (Å²) >= 11 is 0. The van der Waals surface area contributed by atoms with Crippen LogP contribution in [0, 0.1) is 0 Å². The fourth-order valence-corrected chi connectivity index (χ4v) is 3.63. The van der Waals surface area contributed by atoms with E-state index in [0.717, 1.165) is 39.0 Å². The predicted molar refractivity (Wildman–Crippen MR) is 117 cm³/mol. The second-order valence-electron chi connectivity index (χ2n) is 7.10. The van der Waals surface area contributed by atoms with Gasteiger partial charge in [-0.15, -0.1) is 0 Å². The Bertz CT molecular complexity index is 1300. The molecule has 2 aromatic heterocycles. The van der Waals surface area contributed by atoms with Gasteiger partial charge in [0.05, 0.1) is 13.5 Å². The van der Waals surface area contributed by atoms with Gasteiger partial charge in [-0.05, 0) is 60.2 Å². The molecule has 0 saturated heterocycles. The van der Waals surface area contributed by atoms with Crippen molar-refractivity contribution in [1.82, 2.24) is 9.97 Å². The third kappa shape index (κ3) is 3.31. The quantitative estimate of drug-likeness (QED) is 0.394. The molecular formula is C25H20N2O3. The third-order valence-electron chi connectivity index (χ3n) is 5.18. The van der Waals surface area contributed by atoms with Crippen LogP contribution in [-0.4, -0.2) is 22.2 Å². The summed E-state index contributed by atoms with van der Waals surface area (Å²) in [5.74, 6) is 2.32. The molecular weight excluding hydrogens is 376 g/mol. The van der Waals surface area contributed by atoms with E-state index in [1.165, 1.54) is 0 Å². The van der Waals surface area contributed by atoms with Gasteiger partial charge in [-0.3, -0.25) is 0 Å². The Balaban J connectivity index is 1.59. The Morgan fingerprint density at radius 2 is 1.67 bits per heavy atom. The van der Waals surface area contributed by atoms with Crippen molar-refractivity contribution in [1.29, 1.82) is 0 Å². The zero-order chi connectivity index (χ0) is 20.5. The molecule has 0 bridgehead atoms. The van der Waals surface area contributed by atoms with Crippen LogP contribution >= 0.6 is 0 Å². The molecule has 5 nitrogen and oxygen atoms in total. The SMILES string of the molecule is COc1ccc(-c2oc(Cc3c[nH]c4ccccc34)nc2-c2ccc(O)cc2)cc1. The zero-order valence-corrected chi connectivity index (χ0v) is 16.4. The average Bonchev–Trinajstić information content (AvgIpc) is 3.39. The maximum atomic E-state index is 9.66. The van der Waals surface area contributed by atoms with Gasteiger partial charge in [0, 0.05) is 28.2 Å². The summed E-state index contributed by atoms with van der Waals surface area (Å²) in [5.41, 5.74) is 4.76. The van der Waals surface area contributed by atoms with Gasteiger partial charge in [0.25, 0.3) is 0 Å². The van der Waals surface area contributed by atoms with Crippen LogP contribution in [0.1, 0.15) is 11.5 Å². The lowest BCUT2D eigenvalue weighted by atomic mass is 10.1. The second-order valence-corrected chi connectivity index (χ2v) is 7.10. The van der Waals surface area contributed by atoms with Crippen LogP contribution in [0.2, 0.25) is 0 Å². The van der Waals surface area contributed by atoms with Gasteiger partial charge in [-0.2, -0.15) is 0 Å². The van der Waals surface area contributed by atoms with Crippen molar-refractivity contribution in [3.8, 4) is 34.1 Å². The van der Waals surface area contributed by atoms with Gasteiger partial charge in [-0.25, -0.2) is 4.98 Å². The highest BCUT2D eigenvalue weighted by atomic mass is 16.5. The number of hydrogen-bond donors (Lipinski definition) is 2. The summed E-state index contributed by atoms with van der Waals surface area (Å²) in [6.07, 6.45) is 2.58. The number of H-pyrrole nitrogens is 1. The first-order chi connectivity index (χ1) is 14.7. The molecule has 0 amide bonds. The number of ether oxygens (including phenoxy) is 1. The van der Waals surface area contributed by atoms with Gasteiger partial charge < -0.3 is 19.2 Å². The summed E-state index contributed by atoms with van der Waals surface area (Å²) in [4.78, 5) is 8.12. The molecule has 0 aliphatic carbocycles. The third-order valence-corrected chi connectivity index (χ3v) is 5.18. The minimum atomic E-state index is 0.215. The number of fused-ring (bicyclic) bond motifs is 1. The van der Waals surface area contributed by atoms with E-state index < -0.39 is 0 Å². The van der Waals surface area contributed by atoms with Crippen LogP contribution in [0.15, 0.2) is 83.4 Å². The molecule has 0 fully saturated rings. The number of aromatic amines is 1.